The Hall–Kier alpha value is -1.24. The van der Waals surface area contributed by atoms with Crippen LogP contribution in [0, 0.1) is 11.8 Å². The molecule has 1 amide bonds. The molecule has 0 bridgehead atoms. The van der Waals surface area contributed by atoms with Gasteiger partial charge in [-0.25, -0.2) is 33.7 Å². The molecule has 4 unspecified atom stereocenters. The number of hydrogen-bond acceptors (Lipinski definition) is 17. The van der Waals surface area contributed by atoms with Crippen molar-refractivity contribution < 1.29 is 194 Å². The minimum absolute atomic E-state index is 0. The summed E-state index contributed by atoms with van der Waals surface area (Å²) in [6.45, 7) is 0. The zero-order valence-corrected chi connectivity index (χ0v) is 46.7. The van der Waals surface area contributed by atoms with Gasteiger partial charge in [-0.3, -0.25) is 19.2 Å². The van der Waals surface area contributed by atoms with Crippen LogP contribution in [0.2, 0.25) is 0 Å². The van der Waals surface area contributed by atoms with Gasteiger partial charge < -0.3 is 34.4 Å². The van der Waals surface area contributed by atoms with E-state index >= 15 is 0 Å². The molecule has 4 N–H and O–H groups in total. The standard InChI is InChI=1S/C38H40N2O17S4.4Na/c39-33(19-25-5-13-31(14-6-25)60(52,53)54)35(41)21-27(17-23-1-9-29(10-2-23)58(46,47)48)37(43)40-34(20-26-7-15-32(16-8-26)61(55,56)57)36(42)22-28(38(44)45)18-24-3-11-30(12-4-24)59(49,50)51;;;;/h1-16,27-28,33-34H,17-22,39H2,(H,40,43)(H,44,45)(H,46,47,48)(H,49,50,51)(H,52,53,54)(H,55,56,57);;;;/q;4*+1/p-4. The fourth-order valence-electron chi connectivity index (χ4n) is 6.16. The Bertz CT molecular complexity index is 2730. The van der Waals surface area contributed by atoms with Gasteiger partial charge in [-0.2, -0.15) is 0 Å². The number of carbonyl (C=O) groups is 4. The van der Waals surface area contributed by atoms with Crippen LogP contribution in [0.4, 0.5) is 0 Å². The second kappa shape index (κ2) is 27.2. The molecule has 27 heteroatoms. The first kappa shape index (κ1) is 63.8. The summed E-state index contributed by atoms with van der Waals surface area (Å²) in [6, 6.07) is 14.7. The van der Waals surface area contributed by atoms with Gasteiger partial charge in [0.05, 0.1) is 37.6 Å². The fraction of sp³-hybridized carbons (Fsp3) is 0.263. The van der Waals surface area contributed by atoms with Crippen molar-refractivity contribution in [2.75, 3.05) is 0 Å². The number of nitrogens with one attached hydrogen (secondary N) is 1. The Kier molecular flexibility index (Phi) is 26.7. The topological polar surface area (TPSA) is 355 Å². The second-order valence-electron chi connectivity index (χ2n) is 13.9. The first-order valence-corrected chi connectivity index (χ1v) is 23.4. The molecule has 4 aromatic rings. The number of ketones is 2. The normalized spacial score (nSPS) is 13.4. The number of amides is 1. The predicted molar refractivity (Wildman–Crippen MR) is 206 cm³/mol. The van der Waals surface area contributed by atoms with E-state index in [9.17, 15) is 76.2 Å². The fourth-order valence-corrected chi connectivity index (χ4v) is 8.04. The number of carboxylic acids is 1. The monoisotopic (exact) mass is 1010 g/mol. The molecule has 0 aliphatic heterocycles. The molecule has 0 saturated carbocycles. The van der Waals surface area contributed by atoms with Crippen molar-refractivity contribution in [3.8, 4) is 0 Å². The largest absolute Gasteiger partial charge is 1.00 e. The minimum atomic E-state index is -4.88. The van der Waals surface area contributed by atoms with Crippen molar-refractivity contribution in [1.82, 2.24) is 5.32 Å². The summed E-state index contributed by atoms with van der Waals surface area (Å²) in [5.74, 6) is -6.83. The van der Waals surface area contributed by atoms with Gasteiger partial charge in [0, 0.05) is 18.8 Å². The molecule has 19 nitrogen and oxygen atoms in total. The summed E-state index contributed by atoms with van der Waals surface area (Å²) < 4.78 is 137. The average Bonchev–Trinajstić information content (AvgIpc) is 3.16. The summed E-state index contributed by atoms with van der Waals surface area (Å²) in [5.41, 5.74) is 7.21. The van der Waals surface area contributed by atoms with Crippen LogP contribution in [-0.4, -0.2) is 92.5 Å². The smallest absolute Gasteiger partial charge is 0.744 e. The van der Waals surface area contributed by atoms with E-state index in [2.05, 4.69) is 5.32 Å². The summed E-state index contributed by atoms with van der Waals surface area (Å²) >= 11 is 0. The van der Waals surface area contributed by atoms with Crippen molar-refractivity contribution in [3.05, 3.63) is 119 Å². The van der Waals surface area contributed by atoms with Crippen molar-refractivity contribution in [3.63, 3.8) is 0 Å². The van der Waals surface area contributed by atoms with E-state index in [0.717, 1.165) is 48.5 Å². The number of carbonyl (C=O) groups excluding carboxylic acids is 3. The van der Waals surface area contributed by atoms with Gasteiger partial charge in [0.25, 0.3) is 0 Å². The van der Waals surface area contributed by atoms with E-state index in [1.807, 2.05) is 0 Å². The maximum Gasteiger partial charge on any atom is 1.00 e. The van der Waals surface area contributed by atoms with Crippen LogP contribution in [0.3, 0.4) is 0 Å². The maximum absolute atomic E-state index is 14.1. The summed E-state index contributed by atoms with van der Waals surface area (Å²) in [7, 11) is -19.3. The summed E-state index contributed by atoms with van der Waals surface area (Å²) in [6.07, 6.45) is -2.55. The van der Waals surface area contributed by atoms with E-state index in [1.54, 1.807) is 0 Å². The van der Waals surface area contributed by atoms with Gasteiger partial charge in [0.1, 0.15) is 40.5 Å². The molecular weight excluding hydrogens is 977 g/mol. The molecular formula is C38H36N2Na4O17S4. The van der Waals surface area contributed by atoms with Crippen LogP contribution in [0.15, 0.2) is 117 Å². The molecule has 0 fully saturated rings. The Morgan fingerprint density at radius 2 is 0.738 bits per heavy atom. The van der Waals surface area contributed by atoms with E-state index < -0.39 is 127 Å². The molecule has 4 aromatic carbocycles. The number of nitrogens with two attached hydrogens (primary N) is 1. The van der Waals surface area contributed by atoms with Crippen molar-refractivity contribution in [2.24, 2.45) is 17.6 Å². The Labute approximate surface area is 464 Å². The number of hydrogen-bond donors (Lipinski definition) is 3. The first-order valence-electron chi connectivity index (χ1n) is 17.7. The van der Waals surface area contributed by atoms with Crippen molar-refractivity contribution >= 4 is 63.9 Å². The van der Waals surface area contributed by atoms with Crippen molar-refractivity contribution in [2.45, 2.75) is 70.2 Å². The first-order chi connectivity index (χ1) is 28.2. The van der Waals surface area contributed by atoms with E-state index in [1.165, 1.54) is 48.5 Å². The van der Waals surface area contributed by atoms with Crippen LogP contribution in [0.1, 0.15) is 35.1 Å². The molecule has 0 saturated heterocycles. The molecule has 0 aromatic heterocycles. The zero-order chi connectivity index (χ0) is 45.5. The third kappa shape index (κ3) is 20.3. The summed E-state index contributed by atoms with van der Waals surface area (Å²) in [4.78, 5) is 51.7. The van der Waals surface area contributed by atoms with Gasteiger partial charge in [0.15, 0.2) is 11.6 Å². The molecule has 0 radical (unpaired) electrons. The minimum Gasteiger partial charge on any atom is -0.744 e. The number of Topliss-reactive ketones (excluding diaryl/α,β-unsaturated/α-hetero) is 2. The number of aliphatic carboxylic acids is 1. The third-order valence-corrected chi connectivity index (χ3v) is 12.8. The molecule has 328 valence electrons. The predicted octanol–water partition coefficient (Wildman–Crippen LogP) is -11.4. The van der Waals surface area contributed by atoms with Gasteiger partial charge in [-0.05, 0) is 96.5 Å². The maximum atomic E-state index is 14.1. The van der Waals surface area contributed by atoms with Crippen LogP contribution in [0.5, 0.6) is 0 Å². The quantitative estimate of drug-likeness (QED) is 0.0515. The SMILES string of the molecule is NC(Cc1ccc(S(=O)(=O)[O-])cc1)C(=O)CC(Cc1ccc(S(=O)(=O)[O-])cc1)C(=O)NC(Cc1ccc(S(=O)(=O)[O-])cc1)C(=O)CC(Cc1ccc(S(=O)(=O)[O-])cc1)C(=O)O.[Na+].[Na+].[Na+].[Na+]. The molecule has 0 aliphatic carbocycles. The van der Waals surface area contributed by atoms with Crippen LogP contribution < -0.4 is 129 Å². The van der Waals surface area contributed by atoms with Crippen molar-refractivity contribution in [1.29, 1.82) is 0 Å². The zero-order valence-electron chi connectivity index (χ0n) is 35.5. The number of carboxylic acid groups (broad SMARTS) is 1. The molecule has 4 rings (SSSR count). The van der Waals surface area contributed by atoms with Gasteiger partial charge in [-0.1, -0.05) is 48.5 Å². The Morgan fingerprint density at radius 1 is 0.462 bits per heavy atom. The van der Waals surface area contributed by atoms with Gasteiger partial charge in [-0.15, -0.1) is 0 Å². The average molecular weight is 1010 g/mol. The number of rotatable bonds is 21. The number of benzene rings is 4. The van der Waals surface area contributed by atoms with Gasteiger partial charge >= 0.3 is 124 Å². The van der Waals surface area contributed by atoms with Crippen LogP contribution in [-0.2, 0) is 85.3 Å². The Morgan fingerprint density at radius 3 is 1.05 bits per heavy atom. The van der Waals surface area contributed by atoms with E-state index in [0.29, 0.717) is 5.56 Å². The summed E-state index contributed by atoms with van der Waals surface area (Å²) in [5, 5.41) is 12.6. The van der Waals surface area contributed by atoms with E-state index in [-0.39, 0.29) is 154 Å². The molecule has 65 heavy (non-hydrogen) atoms. The molecule has 0 spiro atoms. The van der Waals surface area contributed by atoms with Crippen LogP contribution in [0.25, 0.3) is 0 Å². The second-order valence-corrected chi connectivity index (χ2v) is 19.5. The van der Waals surface area contributed by atoms with E-state index in [4.69, 9.17) is 5.73 Å². The Balaban J connectivity index is 0.0000102. The van der Waals surface area contributed by atoms with Gasteiger partial charge in [0.2, 0.25) is 5.91 Å². The van der Waals surface area contributed by atoms with Crippen LogP contribution >= 0.6 is 0 Å². The molecule has 4 atom stereocenters. The third-order valence-electron chi connectivity index (χ3n) is 9.44. The molecule has 0 heterocycles. The molecule has 0 aliphatic rings.